The normalized spacial score (nSPS) is 23.0. The highest BCUT2D eigenvalue weighted by molar-refractivity contribution is 5.84. The van der Waals surface area contributed by atoms with Crippen molar-refractivity contribution >= 4 is 11.9 Å². The fourth-order valence-corrected chi connectivity index (χ4v) is 4.27. The highest BCUT2D eigenvalue weighted by atomic mass is 16.2. The molecule has 1 atom stereocenters. The lowest BCUT2D eigenvalue weighted by molar-refractivity contribution is -0.139. The van der Waals surface area contributed by atoms with Crippen LogP contribution in [0.2, 0.25) is 0 Å². The smallest absolute Gasteiger partial charge is 0.317 e. The molecule has 5 heteroatoms. The van der Waals surface area contributed by atoms with Gasteiger partial charge >= 0.3 is 6.03 Å². The maximum atomic E-state index is 12.7. The third-order valence-electron chi connectivity index (χ3n) is 5.72. The molecular weight excluding hydrogens is 314 g/mol. The molecule has 2 aliphatic heterocycles. The molecule has 1 N–H and O–H groups in total. The van der Waals surface area contributed by atoms with Crippen molar-refractivity contribution in [1.82, 2.24) is 15.1 Å². The van der Waals surface area contributed by atoms with Crippen LogP contribution in [-0.2, 0) is 4.79 Å². The van der Waals surface area contributed by atoms with Crippen LogP contribution >= 0.6 is 0 Å². The van der Waals surface area contributed by atoms with Crippen LogP contribution in [0.3, 0.4) is 0 Å². The van der Waals surface area contributed by atoms with Crippen molar-refractivity contribution in [2.45, 2.75) is 38.5 Å². The van der Waals surface area contributed by atoms with Crippen molar-refractivity contribution in [3.63, 3.8) is 0 Å². The lowest BCUT2D eigenvalue weighted by atomic mass is 9.68. The van der Waals surface area contributed by atoms with E-state index >= 15 is 0 Å². The summed E-state index contributed by atoms with van der Waals surface area (Å²) in [5, 5.41) is 2.97. The summed E-state index contributed by atoms with van der Waals surface area (Å²) in [6.45, 7) is 5.15. The number of nitrogens with zero attached hydrogens (tertiary/aromatic N) is 2. The predicted octanol–water partition coefficient (Wildman–Crippen LogP) is 2.83. The number of hydrogen-bond donors (Lipinski definition) is 1. The number of nitrogens with one attached hydrogen (secondary N) is 1. The Kier molecular flexibility index (Phi) is 5.30. The number of likely N-dealkylation sites (N-methyl/N-ethyl adjacent to an activating group) is 1. The first kappa shape index (κ1) is 17.8. The molecule has 2 heterocycles. The van der Waals surface area contributed by atoms with E-state index in [1.54, 1.807) is 0 Å². The van der Waals surface area contributed by atoms with E-state index in [9.17, 15) is 9.59 Å². The Bertz CT molecular complexity index is 609. The van der Waals surface area contributed by atoms with E-state index in [-0.39, 0.29) is 23.3 Å². The molecule has 0 aromatic heterocycles. The Morgan fingerprint density at radius 2 is 1.92 bits per heavy atom. The Hall–Kier alpha value is -2.04. The van der Waals surface area contributed by atoms with Gasteiger partial charge in [0.15, 0.2) is 0 Å². The van der Waals surface area contributed by atoms with E-state index in [4.69, 9.17) is 0 Å². The fourth-order valence-electron chi connectivity index (χ4n) is 4.27. The molecule has 3 amide bonds. The van der Waals surface area contributed by atoms with Gasteiger partial charge in [-0.3, -0.25) is 4.79 Å². The van der Waals surface area contributed by atoms with Crippen molar-refractivity contribution in [2.24, 2.45) is 5.41 Å². The van der Waals surface area contributed by atoms with Crippen LogP contribution in [-0.4, -0.2) is 55.0 Å². The molecule has 0 unspecified atom stereocenters. The third-order valence-corrected chi connectivity index (χ3v) is 5.72. The average Bonchev–Trinajstić information content (AvgIpc) is 2.64. The summed E-state index contributed by atoms with van der Waals surface area (Å²) in [4.78, 5) is 28.7. The maximum absolute atomic E-state index is 12.7. The van der Waals surface area contributed by atoms with Crippen molar-refractivity contribution < 1.29 is 9.59 Å². The first-order valence-corrected chi connectivity index (χ1v) is 9.37. The van der Waals surface area contributed by atoms with E-state index in [2.05, 4.69) is 24.4 Å². The zero-order valence-electron chi connectivity index (χ0n) is 15.3. The molecule has 1 aromatic carbocycles. The van der Waals surface area contributed by atoms with Crippen molar-refractivity contribution in [3.05, 3.63) is 35.9 Å². The molecule has 2 saturated heterocycles. The minimum atomic E-state index is -0.0552. The van der Waals surface area contributed by atoms with Crippen LogP contribution in [0.25, 0.3) is 0 Å². The van der Waals surface area contributed by atoms with Crippen molar-refractivity contribution in [2.75, 3.05) is 33.2 Å². The zero-order chi connectivity index (χ0) is 17.9. The average molecular weight is 343 g/mol. The number of urea groups is 1. The summed E-state index contributed by atoms with van der Waals surface area (Å²) in [5.41, 5.74) is 1.24. The quantitative estimate of drug-likeness (QED) is 0.917. The van der Waals surface area contributed by atoms with E-state index in [1.165, 1.54) is 0 Å². The van der Waals surface area contributed by atoms with Crippen LogP contribution < -0.4 is 5.32 Å². The molecule has 0 aliphatic carbocycles. The zero-order valence-corrected chi connectivity index (χ0v) is 15.3. The van der Waals surface area contributed by atoms with Crippen LogP contribution in [0, 0.1) is 5.41 Å². The highest BCUT2D eigenvalue weighted by Gasteiger charge is 2.45. The SMILES string of the molecule is CCCNC(=O)N1CCC2(CC1)C[C@@H](c1ccccc1)C(=O)N(C)C2. The molecule has 136 valence electrons. The van der Waals surface area contributed by atoms with E-state index in [0.29, 0.717) is 0 Å². The number of piperidine rings is 2. The van der Waals surface area contributed by atoms with Gasteiger partial charge in [0, 0.05) is 33.2 Å². The Morgan fingerprint density at radius 3 is 2.56 bits per heavy atom. The summed E-state index contributed by atoms with van der Waals surface area (Å²) < 4.78 is 0. The molecule has 5 nitrogen and oxygen atoms in total. The topological polar surface area (TPSA) is 52.7 Å². The fraction of sp³-hybridized carbons (Fsp3) is 0.600. The third kappa shape index (κ3) is 3.80. The highest BCUT2D eigenvalue weighted by Crippen LogP contribution is 2.45. The molecule has 0 saturated carbocycles. The number of likely N-dealkylation sites (tertiary alicyclic amines) is 2. The molecule has 3 rings (SSSR count). The van der Waals surface area contributed by atoms with Crippen LogP contribution in [0.5, 0.6) is 0 Å². The van der Waals surface area contributed by atoms with Crippen molar-refractivity contribution in [3.8, 4) is 0 Å². The van der Waals surface area contributed by atoms with Gasteiger partial charge in [-0.25, -0.2) is 4.79 Å². The molecule has 25 heavy (non-hydrogen) atoms. The molecule has 1 spiro atoms. The number of hydrogen-bond acceptors (Lipinski definition) is 2. The Balaban J connectivity index is 1.68. The summed E-state index contributed by atoms with van der Waals surface area (Å²) >= 11 is 0. The number of amides is 3. The lowest BCUT2D eigenvalue weighted by Gasteiger charge is -2.49. The van der Waals surface area contributed by atoms with Gasteiger partial charge in [0.2, 0.25) is 5.91 Å². The van der Waals surface area contributed by atoms with Crippen LogP contribution in [0.4, 0.5) is 4.79 Å². The van der Waals surface area contributed by atoms with Crippen LogP contribution in [0.15, 0.2) is 30.3 Å². The second-order valence-corrected chi connectivity index (χ2v) is 7.58. The monoisotopic (exact) mass is 343 g/mol. The number of carbonyl (C=O) groups excluding carboxylic acids is 2. The van der Waals surface area contributed by atoms with Crippen LogP contribution in [0.1, 0.15) is 44.1 Å². The summed E-state index contributed by atoms with van der Waals surface area (Å²) in [6, 6.07) is 10.2. The lowest BCUT2D eigenvalue weighted by Crippen LogP contribution is -2.54. The van der Waals surface area contributed by atoms with E-state index in [0.717, 1.165) is 57.4 Å². The van der Waals surface area contributed by atoms with E-state index < -0.39 is 0 Å². The molecule has 1 aromatic rings. The van der Waals surface area contributed by atoms with Gasteiger partial charge < -0.3 is 15.1 Å². The van der Waals surface area contributed by atoms with E-state index in [1.807, 2.05) is 35.0 Å². The summed E-state index contributed by atoms with van der Waals surface area (Å²) in [5.74, 6) is 0.167. The largest absolute Gasteiger partial charge is 0.345 e. The molecule has 0 radical (unpaired) electrons. The number of rotatable bonds is 3. The minimum absolute atomic E-state index is 0.0524. The van der Waals surface area contributed by atoms with Gasteiger partial charge in [0.1, 0.15) is 0 Å². The molecular formula is C20H29N3O2. The van der Waals surface area contributed by atoms with Gasteiger partial charge in [0.25, 0.3) is 0 Å². The summed E-state index contributed by atoms with van der Waals surface area (Å²) in [7, 11) is 1.92. The first-order chi connectivity index (χ1) is 12.0. The maximum Gasteiger partial charge on any atom is 0.317 e. The predicted molar refractivity (Wildman–Crippen MR) is 98.4 cm³/mol. The first-order valence-electron chi connectivity index (χ1n) is 9.37. The molecule has 2 fully saturated rings. The van der Waals surface area contributed by atoms with Gasteiger partial charge in [-0.1, -0.05) is 37.3 Å². The number of benzene rings is 1. The second kappa shape index (κ2) is 7.46. The second-order valence-electron chi connectivity index (χ2n) is 7.58. The molecule has 0 bridgehead atoms. The Labute approximate surface area is 150 Å². The van der Waals surface area contributed by atoms with Crippen molar-refractivity contribution in [1.29, 1.82) is 0 Å². The van der Waals surface area contributed by atoms with Gasteiger partial charge in [-0.15, -0.1) is 0 Å². The summed E-state index contributed by atoms with van der Waals surface area (Å²) in [6.07, 6.45) is 3.78. The van der Waals surface area contributed by atoms with Gasteiger partial charge in [-0.2, -0.15) is 0 Å². The Morgan fingerprint density at radius 1 is 1.24 bits per heavy atom. The van der Waals surface area contributed by atoms with Gasteiger partial charge in [-0.05, 0) is 36.7 Å². The molecule has 2 aliphatic rings. The number of carbonyl (C=O) groups is 2. The minimum Gasteiger partial charge on any atom is -0.345 e. The van der Waals surface area contributed by atoms with Gasteiger partial charge in [0.05, 0.1) is 5.92 Å². The standard InChI is InChI=1S/C20H29N3O2/c1-3-11-21-19(25)23-12-9-20(10-13-23)14-17(18(24)22(2)15-20)16-7-5-4-6-8-16/h4-8,17H,3,9-15H2,1-2H3,(H,21,25)/t17-/m0/s1.